The molecule has 4 rings (SSSR count). The molecule has 2 heterocycles. The zero-order chi connectivity index (χ0) is 22.0. The number of carbonyl (C=O) groups is 4. The summed E-state index contributed by atoms with van der Waals surface area (Å²) in [6.07, 6.45) is 0. The van der Waals surface area contributed by atoms with Crippen molar-refractivity contribution in [1.29, 1.82) is 0 Å². The molecule has 2 saturated heterocycles. The lowest BCUT2D eigenvalue weighted by Crippen LogP contribution is -2.52. The molecule has 8 nitrogen and oxygen atoms in total. The van der Waals surface area contributed by atoms with E-state index in [4.69, 9.17) is 0 Å². The molecule has 2 aromatic carbocycles. The van der Waals surface area contributed by atoms with Crippen LogP contribution in [0.4, 0.5) is 14.9 Å². The molecule has 160 valence electrons. The molecule has 0 saturated carbocycles. The van der Waals surface area contributed by atoms with E-state index in [9.17, 15) is 23.6 Å². The van der Waals surface area contributed by atoms with E-state index in [1.165, 1.54) is 11.0 Å². The van der Waals surface area contributed by atoms with Gasteiger partial charge in [0.1, 0.15) is 12.4 Å². The third-order valence-corrected chi connectivity index (χ3v) is 5.44. The van der Waals surface area contributed by atoms with E-state index < -0.39 is 30.3 Å². The highest BCUT2D eigenvalue weighted by Gasteiger charge is 2.45. The van der Waals surface area contributed by atoms with Gasteiger partial charge in [0.25, 0.3) is 0 Å². The Morgan fingerprint density at radius 1 is 0.806 bits per heavy atom. The van der Waals surface area contributed by atoms with Gasteiger partial charge in [0, 0.05) is 26.2 Å². The number of urea groups is 1. The van der Waals surface area contributed by atoms with Crippen LogP contribution in [0.5, 0.6) is 0 Å². The number of anilines is 1. The van der Waals surface area contributed by atoms with Crippen molar-refractivity contribution in [3.8, 4) is 0 Å². The van der Waals surface area contributed by atoms with Gasteiger partial charge >= 0.3 is 17.8 Å². The Balaban J connectivity index is 1.36. The highest BCUT2D eigenvalue weighted by atomic mass is 19.1. The molecule has 0 aromatic heterocycles. The van der Waals surface area contributed by atoms with E-state index in [1.54, 1.807) is 48.5 Å². The lowest BCUT2D eigenvalue weighted by molar-refractivity contribution is -0.145. The first-order chi connectivity index (χ1) is 15.0. The van der Waals surface area contributed by atoms with Crippen molar-refractivity contribution >= 4 is 29.4 Å². The highest BCUT2D eigenvalue weighted by molar-refractivity contribution is 6.44. The molecule has 0 aliphatic carbocycles. The maximum Gasteiger partial charge on any atom is 0.335 e. The summed E-state index contributed by atoms with van der Waals surface area (Å²) in [4.78, 5) is 54.8. The molecule has 0 atom stereocenters. The van der Waals surface area contributed by atoms with E-state index in [0.717, 1.165) is 4.90 Å². The quantitative estimate of drug-likeness (QED) is 0.536. The smallest absolute Gasteiger partial charge is 0.335 e. The van der Waals surface area contributed by atoms with Crippen molar-refractivity contribution in [3.05, 3.63) is 66.0 Å². The van der Waals surface area contributed by atoms with E-state index in [1.807, 2.05) is 4.90 Å². The number of hydrogen-bond acceptors (Lipinski definition) is 5. The van der Waals surface area contributed by atoms with Gasteiger partial charge in [-0.1, -0.05) is 42.5 Å². The Bertz CT molecular complexity index is 1020. The number of imide groups is 2. The first-order valence-electron chi connectivity index (χ1n) is 9.94. The summed E-state index contributed by atoms with van der Waals surface area (Å²) >= 11 is 0. The van der Waals surface area contributed by atoms with Crippen molar-refractivity contribution in [2.24, 2.45) is 0 Å². The van der Waals surface area contributed by atoms with Crippen LogP contribution in [0.2, 0.25) is 0 Å². The van der Waals surface area contributed by atoms with E-state index in [2.05, 4.69) is 0 Å². The third-order valence-electron chi connectivity index (χ3n) is 5.44. The van der Waals surface area contributed by atoms with Crippen LogP contribution in [0.25, 0.3) is 0 Å². The maximum absolute atomic E-state index is 14.0. The molecule has 2 aromatic rings. The number of benzene rings is 2. The van der Waals surface area contributed by atoms with E-state index >= 15 is 0 Å². The molecule has 31 heavy (non-hydrogen) atoms. The summed E-state index contributed by atoms with van der Waals surface area (Å²) in [5, 5.41) is 0. The van der Waals surface area contributed by atoms with Crippen LogP contribution in [-0.4, -0.2) is 71.2 Å². The van der Waals surface area contributed by atoms with E-state index in [0.29, 0.717) is 42.3 Å². The zero-order valence-electron chi connectivity index (χ0n) is 16.7. The predicted octanol–water partition coefficient (Wildman–Crippen LogP) is 1.47. The first kappa shape index (κ1) is 20.5. The van der Waals surface area contributed by atoms with Gasteiger partial charge in [-0.05, 0) is 17.7 Å². The molecule has 0 bridgehead atoms. The second kappa shape index (κ2) is 8.55. The Morgan fingerprint density at radius 3 is 2.10 bits per heavy atom. The van der Waals surface area contributed by atoms with Gasteiger partial charge in [-0.25, -0.2) is 14.1 Å². The van der Waals surface area contributed by atoms with Crippen LogP contribution in [0.15, 0.2) is 54.6 Å². The van der Waals surface area contributed by atoms with Gasteiger partial charge in [-0.15, -0.1) is 0 Å². The monoisotopic (exact) mass is 424 g/mol. The van der Waals surface area contributed by atoms with Gasteiger partial charge < -0.3 is 9.80 Å². The summed E-state index contributed by atoms with van der Waals surface area (Å²) < 4.78 is 14.0. The second-order valence-electron chi connectivity index (χ2n) is 7.37. The first-order valence-corrected chi connectivity index (χ1v) is 9.94. The Hall–Kier alpha value is -3.75. The molecule has 0 unspecified atom stereocenters. The van der Waals surface area contributed by atoms with Crippen LogP contribution in [0.3, 0.4) is 0 Å². The number of para-hydroxylation sites is 1. The zero-order valence-corrected chi connectivity index (χ0v) is 16.7. The summed E-state index contributed by atoms with van der Waals surface area (Å²) in [5.74, 6) is -2.69. The standard InChI is InChI=1S/C22H21FN4O4/c23-17-8-4-5-9-18(17)24-10-12-25(13-11-24)19(28)15-27-21(30)20(29)26(22(27)31)14-16-6-2-1-3-7-16/h1-9H,10-15H2. The molecule has 9 heteroatoms. The third kappa shape index (κ3) is 4.11. The lowest BCUT2D eigenvalue weighted by atomic mass is 10.2. The average Bonchev–Trinajstić information content (AvgIpc) is 2.98. The molecular weight excluding hydrogens is 403 g/mol. The minimum absolute atomic E-state index is 0.0315. The number of amides is 5. The Morgan fingerprint density at radius 2 is 1.42 bits per heavy atom. The minimum atomic E-state index is -1.00. The van der Waals surface area contributed by atoms with Crippen molar-refractivity contribution in [1.82, 2.24) is 14.7 Å². The molecular formula is C22H21FN4O4. The molecule has 5 amide bonds. The van der Waals surface area contributed by atoms with Gasteiger partial charge in [-0.2, -0.15) is 0 Å². The average molecular weight is 424 g/mol. The maximum atomic E-state index is 14.0. The summed E-state index contributed by atoms with van der Waals surface area (Å²) in [6, 6.07) is 14.5. The molecule has 2 fully saturated rings. The Labute approximate surface area is 178 Å². The number of hydrogen-bond donors (Lipinski definition) is 0. The number of carbonyl (C=O) groups excluding carboxylic acids is 4. The van der Waals surface area contributed by atoms with Crippen LogP contribution in [0, 0.1) is 5.82 Å². The number of rotatable bonds is 5. The molecule has 0 radical (unpaired) electrons. The fourth-order valence-corrected chi connectivity index (χ4v) is 3.74. The van der Waals surface area contributed by atoms with Gasteiger partial charge in [0.05, 0.1) is 12.2 Å². The number of piperazine rings is 1. The van der Waals surface area contributed by atoms with Crippen LogP contribution in [0.1, 0.15) is 5.56 Å². The molecule has 0 N–H and O–H groups in total. The molecule has 0 spiro atoms. The Kier molecular flexibility index (Phi) is 5.66. The number of halogens is 1. The molecule has 2 aliphatic rings. The van der Waals surface area contributed by atoms with Gasteiger partial charge in [-0.3, -0.25) is 19.3 Å². The van der Waals surface area contributed by atoms with Crippen molar-refractivity contribution in [2.45, 2.75) is 6.54 Å². The van der Waals surface area contributed by atoms with Gasteiger partial charge in [0.15, 0.2) is 0 Å². The largest absolute Gasteiger partial charge is 0.366 e. The summed E-state index contributed by atoms with van der Waals surface area (Å²) in [5.41, 5.74) is 1.18. The van der Waals surface area contributed by atoms with Crippen LogP contribution in [-0.2, 0) is 20.9 Å². The summed E-state index contributed by atoms with van der Waals surface area (Å²) in [7, 11) is 0. The highest BCUT2D eigenvalue weighted by Crippen LogP contribution is 2.21. The SMILES string of the molecule is O=C(CN1C(=O)C(=O)N(Cc2ccccc2)C1=O)N1CCN(c2ccccc2F)CC1. The second-order valence-corrected chi connectivity index (χ2v) is 7.37. The van der Waals surface area contributed by atoms with Crippen LogP contribution < -0.4 is 4.90 Å². The van der Waals surface area contributed by atoms with Crippen molar-refractivity contribution in [3.63, 3.8) is 0 Å². The number of nitrogens with zero attached hydrogens (tertiary/aromatic N) is 4. The fourth-order valence-electron chi connectivity index (χ4n) is 3.74. The fraction of sp³-hybridized carbons (Fsp3) is 0.273. The van der Waals surface area contributed by atoms with Crippen molar-refractivity contribution in [2.75, 3.05) is 37.6 Å². The normalized spacial score (nSPS) is 17.0. The molecule has 2 aliphatic heterocycles. The minimum Gasteiger partial charge on any atom is -0.366 e. The van der Waals surface area contributed by atoms with Crippen LogP contribution >= 0.6 is 0 Å². The topological polar surface area (TPSA) is 81.2 Å². The van der Waals surface area contributed by atoms with E-state index in [-0.39, 0.29) is 12.4 Å². The predicted molar refractivity (Wildman–Crippen MR) is 109 cm³/mol. The van der Waals surface area contributed by atoms with Crippen molar-refractivity contribution < 1.29 is 23.6 Å². The van der Waals surface area contributed by atoms with Gasteiger partial charge in [0.2, 0.25) is 5.91 Å². The summed E-state index contributed by atoms with van der Waals surface area (Å²) in [6.45, 7) is 0.974. The lowest BCUT2D eigenvalue weighted by Gasteiger charge is -2.36.